The van der Waals surface area contributed by atoms with Crippen LogP contribution in [0.4, 0.5) is 4.39 Å². The Hall–Kier alpha value is -3.28. The van der Waals surface area contributed by atoms with Gasteiger partial charge in [-0.25, -0.2) is 9.07 Å². The zero-order chi connectivity index (χ0) is 18.5. The van der Waals surface area contributed by atoms with Gasteiger partial charge in [0.05, 0.1) is 6.54 Å². The van der Waals surface area contributed by atoms with E-state index in [4.69, 9.17) is 0 Å². The highest BCUT2D eigenvalue weighted by Crippen LogP contribution is 2.10. The molecule has 1 aromatic heterocycles. The third-order valence-electron chi connectivity index (χ3n) is 3.97. The number of aromatic nitrogens is 2. The fourth-order valence-electron chi connectivity index (χ4n) is 2.58. The number of rotatable bonds is 5. The first kappa shape index (κ1) is 17.5. The molecular formula is C20H18FN3O2. The summed E-state index contributed by atoms with van der Waals surface area (Å²) in [5, 5.41) is 4.17. The van der Waals surface area contributed by atoms with E-state index in [2.05, 4.69) is 5.10 Å². The van der Waals surface area contributed by atoms with E-state index in [-0.39, 0.29) is 36.1 Å². The molecule has 5 nitrogen and oxygen atoms in total. The molecule has 132 valence electrons. The molecule has 1 amide bonds. The number of nitrogens with zero attached hydrogens (tertiary/aromatic N) is 3. The summed E-state index contributed by atoms with van der Waals surface area (Å²) in [5.74, 6) is -0.746. The summed E-state index contributed by atoms with van der Waals surface area (Å²) in [5.41, 5.74) is 1.17. The summed E-state index contributed by atoms with van der Waals surface area (Å²) in [7, 11) is 1.57. The van der Waals surface area contributed by atoms with Crippen molar-refractivity contribution in [1.82, 2.24) is 14.7 Å². The van der Waals surface area contributed by atoms with Gasteiger partial charge >= 0.3 is 0 Å². The Morgan fingerprint density at radius 2 is 1.73 bits per heavy atom. The number of carbonyl (C=O) groups is 1. The lowest BCUT2D eigenvalue weighted by Crippen LogP contribution is -2.31. The molecule has 3 aromatic rings. The third-order valence-corrected chi connectivity index (χ3v) is 3.97. The van der Waals surface area contributed by atoms with Crippen molar-refractivity contribution in [2.24, 2.45) is 0 Å². The Bertz CT molecular complexity index is 970. The second-order valence-electron chi connectivity index (χ2n) is 5.95. The number of benzene rings is 2. The minimum Gasteiger partial charge on any atom is -0.336 e. The minimum absolute atomic E-state index is 0.116. The van der Waals surface area contributed by atoms with Crippen molar-refractivity contribution in [3.63, 3.8) is 0 Å². The van der Waals surface area contributed by atoms with Crippen molar-refractivity contribution in [3.8, 4) is 0 Å². The van der Waals surface area contributed by atoms with Gasteiger partial charge < -0.3 is 4.90 Å². The van der Waals surface area contributed by atoms with Crippen LogP contribution in [0, 0.1) is 5.82 Å². The van der Waals surface area contributed by atoms with Gasteiger partial charge in [0, 0.05) is 25.2 Å². The summed E-state index contributed by atoms with van der Waals surface area (Å²) in [6.07, 6.45) is 0. The Labute approximate surface area is 150 Å². The highest BCUT2D eigenvalue weighted by molar-refractivity contribution is 5.91. The average Bonchev–Trinajstić information content (AvgIpc) is 2.65. The maximum atomic E-state index is 13.8. The molecule has 0 aliphatic carbocycles. The topological polar surface area (TPSA) is 55.2 Å². The van der Waals surface area contributed by atoms with Crippen molar-refractivity contribution in [2.75, 3.05) is 7.05 Å². The molecule has 0 unspecified atom stereocenters. The van der Waals surface area contributed by atoms with Gasteiger partial charge in [-0.05, 0) is 17.7 Å². The number of carbonyl (C=O) groups excluding carboxylic acids is 1. The van der Waals surface area contributed by atoms with Crippen LogP contribution in [0.5, 0.6) is 0 Å². The van der Waals surface area contributed by atoms with Crippen LogP contribution in [0.25, 0.3) is 0 Å². The number of hydrogen-bond donors (Lipinski definition) is 0. The van der Waals surface area contributed by atoms with Gasteiger partial charge in [0.15, 0.2) is 0 Å². The molecule has 0 aliphatic rings. The van der Waals surface area contributed by atoms with Gasteiger partial charge in [-0.15, -0.1) is 0 Å². The second kappa shape index (κ2) is 7.74. The monoisotopic (exact) mass is 351 g/mol. The van der Waals surface area contributed by atoms with Gasteiger partial charge in [-0.1, -0.05) is 48.5 Å². The van der Waals surface area contributed by atoms with E-state index in [0.29, 0.717) is 5.56 Å². The second-order valence-corrected chi connectivity index (χ2v) is 5.95. The van der Waals surface area contributed by atoms with Crippen LogP contribution in [-0.4, -0.2) is 27.6 Å². The Morgan fingerprint density at radius 1 is 1.04 bits per heavy atom. The molecule has 6 heteroatoms. The SMILES string of the molecule is CN(Cc1ccccc1F)C(=O)c1ccc(=O)n(Cc2ccccc2)n1. The highest BCUT2D eigenvalue weighted by atomic mass is 19.1. The van der Waals surface area contributed by atoms with Gasteiger partial charge in [-0.2, -0.15) is 5.10 Å². The van der Waals surface area contributed by atoms with E-state index >= 15 is 0 Å². The van der Waals surface area contributed by atoms with Crippen molar-refractivity contribution < 1.29 is 9.18 Å². The first-order valence-corrected chi connectivity index (χ1v) is 8.15. The Morgan fingerprint density at radius 3 is 2.46 bits per heavy atom. The lowest BCUT2D eigenvalue weighted by atomic mass is 10.2. The lowest BCUT2D eigenvalue weighted by Gasteiger charge is -2.17. The van der Waals surface area contributed by atoms with E-state index < -0.39 is 0 Å². The van der Waals surface area contributed by atoms with Crippen LogP contribution in [0.15, 0.2) is 71.5 Å². The van der Waals surface area contributed by atoms with Crippen LogP contribution in [0.1, 0.15) is 21.6 Å². The summed E-state index contributed by atoms with van der Waals surface area (Å²) >= 11 is 0. The molecule has 26 heavy (non-hydrogen) atoms. The Balaban J connectivity index is 1.80. The predicted molar refractivity (Wildman–Crippen MR) is 96.2 cm³/mol. The zero-order valence-corrected chi connectivity index (χ0v) is 14.3. The van der Waals surface area contributed by atoms with Crippen LogP contribution in [0.2, 0.25) is 0 Å². The van der Waals surface area contributed by atoms with Crippen LogP contribution in [-0.2, 0) is 13.1 Å². The van der Waals surface area contributed by atoms with Gasteiger partial charge in [-0.3, -0.25) is 9.59 Å². The maximum Gasteiger partial charge on any atom is 0.274 e. The molecular weight excluding hydrogens is 333 g/mol. The van der Waals surface area contributed by atoms with Crippen molar-refractivity contribution in [2.45, 2.75) is 13.1 Å². The van der Waals surface area contributed by atoms with Crippen molar-refractivity contribution >= 4 is 5.91 Å². The maximum absolute atomic E-state index is 13.8. The van der Waals surface area contributed by atoms with Gasteiger partial charge in [0.25, 0.3) is 11.5 Å². The quantitative estimate of drug-likeness (QED) is 0.710. The smallest absolute Gasteiger partial charge is 0.274 e. The zero-order valence-electron chi connectivity index (χ0n) is 14.3. The van der Waals surface area contributed by atoms with Gasteiger partial charge in [0.1, 0.15) is 11.5 Å². The molecule has 0 saturated heterocycles. The molecule has 0 radical (unpaired) electrons. The molecule has 3 rings (SSSR count). The normalized spacial score (nSPS) is 10.5. The third kappa shape index (κ3) is 4.03. The van der Waals surface area contributed by atoms with E-state index in [9.17, 15) is 14.0 Å². The van der Waals surface area contributed by atoms with Crippen LogP contribution in [0.3, 0.4) is 0 Å². The van der Waals surface area contributed by atoms with E-state index in [1.807, 2.05) is 30.3 Å². The summed E-state index contributed by atoms with van der Waals surface area (Å²) in [6, 6.07) is 18.4. The molecule has 1 heterocycles. The molecule has 2 aromatic carbocycles. The number of hydrogen-bond acceptors (Lipinski definition) is 3. The number of halogens is 1. The summed E-state index contributed by atoms with van der Waals surface area (Å²) in [6.45, 7) is 0.392. The van der Waals surface area contributed by atoms with E-state index in [1.54, 1.807) is 25.2 Å². The fraction of sp³-hybridized carbons (Fsp3) is 0.150. The van der Waals surface area contributed by atoms with Crippen molar-refractivity contribution in [3.05, 3.63) is 99.7 Å². The molecule has 0 saturated carbocycles. The minimum atomic E-state index is -0.380. The lowest BCUT2D eigenvalue weighted by molar-refractivity contribution is 0.0775. The summed E-state index contributed by atoms with van der Waals surface area (Å²) in [4.78, 5) is 26.0. The predicted octanol–water partition coefficient (Wildman–Crippen LogP) is 2.70. The summed E-state index contributed by atoms with van der Waals surface area (Å²) < 4.78 is 15.0. The highest BCUT2D eigenvalue weighted by Gasteiger charge is 2.16. The van der Waals surface area contributed by atoms with Crippen molar-refractivity contribution in [1.29, 1.82) is 0 Å². The van der Waals surface area contributed by atoms with Crippen LogP contribution < -0.4 is 5.56 Å². The standard InChI is InChI=1S/C20H18FN3O2/c1-23(14-16-9-5-6-10-17(16)21)20(26)18-11-12-19(25)24(22-18)13-15-7-3-2-4-8-15/h2-12H,13-14H2,1H3. The first-order valence-electron chi connectivity index (χ1n) is 8.15. The molecule has 0 fully saturated rings. The fourth-order valence-corrected chi connectivity index (χ4v) is 2.58. The number of amides is 1. The van der Waals surface area contributed by atoms with E-state index in [0.717, 1.165) is 5.56 Å². The molecule has 0 N–H and O–H groups in total. The van der Waals surface area contributed by atoms with Crippen LogP contribution >= 0.6 is 0 Å². The molecule has 0 atom stereocenters. The van der Waals surface area contributed by atoms with Gasteiger partial charge in [0.2, 0.25) is 0 Å². The largest absolute Gasteiger partial charge is 0.336 e. The molecule has 0 spiro atoms. The average molecular weight is 351 g/mol. The molecule has 0 bridgehead atoms. The Kier molecular flexibility index (Phi) is 5.22. The first-order chi connectivity index (χ1) is 12.5. The molecule has 0 aliphatic heterocycles. The van der Waals surface area contributed by atoms with E-state index in [1.165, 1.54) is 27.8 Å².